The van der Waals surface area contributed by atoms with Crippen LogP contribution in [0.1, 0.15) is 18.4 Å². The predicted molar refractivity (Wildman–Crippen MR) is 85.8 cm³/mol. The monoisotopic (exact) mass is 312 g/mol. The second-order valence-electron chi connectivity index (χ2n) is 6.67. The van der Waals surface area contributed by atoms with Gasteiger partial charge < -0.3 is 14.7 Å². The summed E-state index contributed by atoms with van der Waals surface area (Å²) in [5.74, 6) is 0.0687. The predicted octanol–water partition coefficient (Wildman–Crippen LogP) is 1.67. The molecule has 2 heterocycles. The summed E-state index contributed by atoms with van der Waals surface area (Å²) in [5, 5.41) is 9.02. The summed E-state index contributed by atoms with van der Waals surface area (Å²) in [4.78, 5) is 29.7. The molecule has 23 heavy (non-hydrogen) atoms. The van der Waals surface area contributed by atoms with Gasteiger partial charge in [-0.05, 0) is 24.6 Å². The Hall–Kier alpha value is -2.55. The molecule has 0 N–H and O–H groups in total. The van der Waals surface area contributed by atoms with Crippen molar-refractivity contribution < 1.29 is 9.59 Å². The standard InChI is InChI=1S/C17H20N4O2/c1-19(2)16(23)20-7-6-17(11-20)9-15(22)21(12-17)14-5-3-4-13(8-14)10-18/h3-5,8H,6-7,9,11-12H2,1-2H3. The first-order valence-corrected chi connectivity index (χ1v) is 7.71. The lowest BCUT2D eigenvalue weighted by atomic mass is 9.86. The van der Waals surface area contributed by atoms with Crippen LogP contribution in [0.4, 0.5) is 10.5 Å². The van der Waals surface area contributed by atoms with E-state index < -0.39 is 0 Å². The number of likely N-dealkylation sites (tertiary alicyclic amines) is 1. The van der Waals surface area contributed by atoms with Crippen molar-refractivity contribution in [2.75, 3.05) is 38.6 Å². The molecule has 0 aromatic heterocycles. The molecule has 1 aromatic carbocycles. The number of anilines is 1. The van der Waals surface area contributed by atoms with Crippen molar-refractivity contribution in [3.8, 4) is 6.07 Å². The van der Waals surface area contributed by atoms with Gasteiger partial charge in [-0.25, -0.2) is 4.79 Å². The Bertz CT molecular complexity index is 694. The number of nitrogens with zero attached hydrogens (tertiary/aromatic N) is 4. The molecule has 3 amide bonds. The van der Waals surface area contributed by atoms with Gasteiger partial charge in [-0.1, -0.05) is 6.07 Å². The Balaban J connectivity index is 1.78. The number of amides is 3. The molecule has 0 saturated carbocycles. The zero-order valence-corrected chi connectivity index (χ0v) is 13.5. The molecule has 1 aromatic rings. The maximum Gasteiger partial charge on any atom is 0.319 e. The van der Waals surface area contributed by atoms with Crippen LogP contribution in [0.15, 0.2) is 24.3 Å². The molecule has 0 bridgehead atoms. The lowest BCUT2D eigenvalue weighted by molar-refractivity contribution is -0.117. The fraction of sp³-hybridized carbons (Fsp3) is 0.471. The van der Waals surface area contributed by atoms with Crippen LogP contribution >= 0.6 is 0 Å². The molecule has 3 rings (SSSR count). The summed E-state index contributed by atoms with van der Waals surface area (Å²) < 4.78 is 0. The Morgan fingerprint density at radius 1 is 1.35 bits per heavy atom. The first-order chi connectivity index (χ1) is 10.9. The van der Waals surface area contributed by atoms with Crippen LogP contribution in [0.5, 0.6) is 0 Å². The Kier molecular flexibility index (Phi) is 3.72. The molecule has 0 radical (unpaired) electrons. The van der Waals surface area contributed by atoms with Crippen LogP contribution in [-0.4, -0.2) is 55.5 Å². The molecule has 1 unspecified atom stereocenters. The van der Waals surface area contributed by atoms with E-state index in [4.69, 9.17) is 5.26 Å². The van der Waals surface area contributed by atoms with E-state index in [1.54, 1.807) is 42.1 Å². The number of nitriles is 1. The minimum absolute atomic E-state index is 0.000693. The van der Waals surface area contributed by atoms with E-state index in [-0.39, 0.29) is 17.4 Å². The van der Waals surface area contributed by atoms with Gasteiger partial charge in [-0.15, -0.1) is 0 Å². The molecule has 2 saturated heterocycles. The number of urea groups is 1. The second kappa shape index (κ2) is 5.58. The quantitative estimate of drug-likeness (QED) is 0.792. The van der Waals surface area contributed by atoms with Crippen molar-refractivity contribution in [3.05, 3.63) is 29.8 Å². The van der Waals surface area contributed by atoms with Gasteiger partial charge in [0.2, 0.25) is 5.91 Å². The first-order valence-electron chi connectivity index (χ1n) is 7.71. The van der Waals surface area contributed by atoms with Crippen molar-refractivity contribution in [2.45, 2.75) is 12.8 Å². The minimum atomic E-state index is -0.161. The van der Waals surface area contributed by atoms with Crippen LogP contribution in [0.3, 0.4) is 0 Å². The van der Waals surface area contributed by atoms with Crippen molar-refractivity contribution in [3.63, 3.8) is 0 Å². The third-order valence-corrected chi connectivity index (χ3v) is 4.70. The zero-order chi connectivity index (χ0) is 16.6. The number of hydrogen-bond donors (Lipinski definition) is 0. The molecule has 2 fully saturated rings. The number of hydrogen-bond acceptors (Lipinski definition) is 3. The van der Waals surface area contributed by atoms with Gasteiger partial charge in [0.05, 0.1) is 11.6 Å². The summed E-state index contributed by atoms with van der Waals surface area (Å²) in [6, 6.07) is 9.23. The van der Waals surface area contributed by atoms with Crippen LogP contribution in [0.2, 0.25) is 0 Å². The number of carbonyl (C=O) groups excluding carboxylic acids is 2. The largest absolute Gasteiger partial charge is 0.331 e. The van der Waals surface area contributed by atoms with Gasteiger partial charge in [-0.2, -0.15) is 5.26 Å². The van der Waals surface area contributed by atoms with Crippen LogP contribution in [0.25, 0.3) is 0 Å². The smallest absolute Gasteiger partial charge is 0.319 e. The van der Waals surface area contributed by atoms with E-state index in [9.17, 15) is 9.59 Å². The van der Waals surface area contributed by atoms with Crippen LogP contribution in [0, 0.1) is 16.7 Å². The fourth-order valence-electron chi connectivity index (χ4n) is 3.53. The molecule has 120 valence electrons. The molecular formula is C17H20N4O2. The highest BCUT2D eigenvalue weighted by Gasteiger charge is 2.49. The van der Waals surface area contributed by atoms with Gasteiger partial charge in [0.15, 0.2) is 0 Å². The molecule has 0 aliphatic carbocycles. The van der Waals surface area contributed by atoms with E-state index >= 15 is 0 Å². The topological polar surface area (TPSA) is 67.7 Å². The molecule has 2 aliphatic rings. The molecule has 2 aliphatic heterocycles. The van der Waals surface area contributed by atoms with E-state index in [0.717, 1.165) is 12.1 Å². The minimum Gasteiger partial charge on any atom is -0.331 e. The van der Waals surface area contributed by atoms with E-state index in [1.165, 1.54) is 0 Å². The zero-order valence-electron chi connectivity index (χ0n) is 13.5. The molecule has 1 spiro atoms. The Morgan fingerprint density at radius 2 is 2.13 bits per heavy atom. The summed E-state index contributed by atoms with van der Waals surface area (Å²) in [6.07, 6.45) is 1.30. The van der Waals surface area contributed by atoms with Gasteiger partial charge in [0, 0.05) is 51.3 Å². The highest BCUT2D eigenvalue weighted by molar-refractivity contribution is 5.96. The third-order valence-electron chi connectivity index (χ3n) is 4.70. The first kappa shape index (κ1) is 15.3. The highest BCUT2D eigenvalue weighted by Crippen LogP contribution is 2.42. The summed E-state index contributed by atoms with van der Waals surface area (Å²) in [5.41, 5.74) is 1.15. The Labute approximate surface area is 135 Å². The Morgan fingerprint density at radius 3 is 2.83 bits per heavy atom. The van der Waals surface area contributed by atoms with E-state index in [2.05, 4.69) is 6.07 Å². The number of rotatable bonds is 1. The van der Waals surface area contributed by atoms with Crippen LogP contribution in [-0.2, 0) is 4.79 Å². The van der Waals surface area contributed by atoms with Crippen molar-refractivity contribution in [1.82, 2.24) is 9.80 Å². The normalized spacial score (nSPS) is 23.4. The van der Waals surface area contributed by atoms with Gasteiger partial charge in [-0.3, -0.25) is 4.79 Å². The maximum absolute atomic E-state index is 12.5. The molecular weight excluding hydrogens is 292 g/mol. The van der Waals surface area contributed by atoms with Gasteiger partial charge >= 0.3 is 6.03 Å². The van der Waals surface area contributed by atoms with Crippen molar-refractivity contribution in [1.29, 1.82) is 5.26 Å². The van der Waals surface area contributed by atoms with Gasteiger partial charge in [0.1, 0.15) is 0 Å². The number of benzene rings is 1. The van der Waals surface area contributed by atoms with Crippen molar-refractivity contribution >= 4 is 17.6 Å². The molecule has 6 heteroatoms. The SMILES string of the molecule is CN(C)C(=O)N1CCC2(CC(=O)N(c3cccc(C#N)c3)C2)C1. The van der Waals surface area contributed by atoms with E-state index in [0.29, 0.717) is 31.6 Å². The van der Waals surface area contributed by atoms with Gasteiger partial charge in [0.25, 0.3) is 0 Å². The fourth-order valence-corrected chi connectivity index (χ4v) is 3.53. The summed E-state index contributed by atoms with van der Waals surface area (Å²) in [6.45, 7) is 1.92. The average molecular weight is 312 g/mol. The lowest BCUT2D eigenvalue weighted by Gasteiger charge is -2.25. The lowest BCUT2D eigenvalue weighted by Crippen LogP contribution is -2.39. The van der Waals surface area contributed by atoms with E-state index in [1.807, 2.05) is 11.0 Å². The molecule has 1 atom stereocenters. The number of carbonyl (C=O) groups is 2. The maximum atomic E-state index is 12.5. The third kappa shape index (κ3) is 2.74. The van der Waals surface area contributed by atoms with Crippen LogP contribution < -0.4 is 4.90 Å². The van der Waals surface area contributed by atoms with Crippen molar-refractivity contribution in [2.24, 2.45) is 5.41 Å². The average Bonchev–Trinajstić information content (AvgIpc) is 3.10. The summed E-state index contributed by atoms with van der Waals surface area (Å²) in [7, 11) is 3.49. The highest BCUT2D eigenvalue weighted by atomic mass is 16.2. The second-order valence-corrected chi connectivity index (χ2v) is 6.67. The molecule has 6 nitrogen and oxygen atoms in total. The summed E-state index contributed by atoms with van der Waals surface area (Å²) >= 11 is 0.